The van der Waals surface area contributed by atoms with Gasteiger partial charge >= 0.3 is 0 Å². The number of benzene rings is 1. The Morgan fingerprint density at radius 1 is 1.43 bits per heavy atom. The van der Waals surface area contributed by atoms with E-state index in [9.17, 15) is 9.59 Å². The van der Waals surface area contributed by atoms with E-state index in [0.717, 1.165) is 50.0 Å². The number of methoxy groups -OCH3 is 1. The maximum Gasteiger partial charge on any atom is 0.255 e. The average Bonchev–Trinajstić information content (AvgIpc) is 3.15. The normalized spacial score (nSPS) is 21.3. The highest BCUT2D eigenvalue weighted by molar-refractivity contribution is 6.32. The number of carbonyl (C=O) groups is 1. The van der Waals surface area contributed by atoms with Crippen LogP contribution in [0.4, 0.5) is 5.95 Å². The fraction of sp³-hybridized carbons (Fsp3) is 0.560. The summed E-state index contributed by atoms with van der Waals surface area (Å²) in [5.74, 6) is 0.932. The predicted octanol–water partition coefficient (Wildman–Crippen LogP) is 2.77. The van der Waals surface area contributed by atoms with Crippen molar-refractivity contribution in [3.8, 4) is 5.75 Å². The Bertz CT molecular complexity index is 1140. The quantitative estimate of drug-likeness (QED) is 0.475. The lowest BCUT2D eigenvalue weighted by molar-refractivity contribution is 0.00634. The first kappa shape index (κ1) is 25.5. The minimum Gasteiger partial charge on any atom is -0.486 e. The van der Waals surface area contributed by atoms with Gasteiger partial charge in [-0.3, -0.25) is 14.6 Å². The van der Waals surface area contributed by atoms with Gasteiger partial charge in [-0.15, -0.1) is 0 Å². The maximum atomic E-state index is 13.3. The van der Waals surface area contributed by atoms with Crippen molar-refractivity contribution in [1.82, 2.24) is 20.2 Å². The summed E-state index contributed by atoms with van der Waals surface area (Å²) in [5.41, 5.74) is 1.92. The molecule has 35 heavy (non-hydrogen) atoms. The highest BCUT2D eigenvalue weighted by Crippen LogP contribution is 2.42. The zero-order valence-corrected chi connectivity index (χ0v) is 21.5. The van der Waals surface area contributed by atoms with Gasteiger partial charge in [0.2, 0.25) is 5.95 Å². The molecule has 1 amide bonds. The van der Waals surface area contributed by atoms with Crippen LogP contribution in [0.2, 0.25) is 5.02 Å². The monoisotopic (exact) mass is 503 g/mol. The average molecular weight is 504 g/mol. The molecule has 3 heterocycles. The molecule has 10 heteroatoms. The first-order valence-electron chi connectivity index (χ1n) is 12.0. The number of nitrogens with zero attached hydrogens (tertiary/aromatic N) is 2. The number of nitrogens with one attached hydrogen (secondary N) is 3. The van der Waals surface area contributed by atoms with Crippen LogP contribution in [0.15, 0.2) is 23.1 Å². The number of aromatic nitrogens is 2. The molecule has 4 rings (SSSR count). The number of hydrogen-bond acceptors (Lipinski definition) is 7. The van der Waals surface area contributed by atoms with Crippen LogP contribution in [0.1, 0.15) is 48.2 Å². The number of anilines is 1. The number of piperidine rings is 1. The highest BCUT2D eigenvalue weighted by atomic mass is 35.5. The second kappa shape index (κ2) is 10.6. The molecular weight excluding hydrogens is 470 g/mol. The van der Waals surface area contributed by atoms with Gasteiger partial charge < -0.3 is 25.0 Å². The van der Waals surface area contributed by atoms with Crippen LogP contribution >= 0.6 is 11.6 Å². The van der Waals surface area contributed by atoms with Crippen molar-refractivity contribution in [2.75, 3.05) is 38.6 Å². The van der Waals surface area contributed by atoms with Gasteiger partial charge in [-0.05, 0) is 51.8 Å². The molecule has 0 bridgehead atoms. The molecule has 2 unspecified atom stereocenters. The fourth-order valence-electron chi connectivity index (χ4n) is 4.82. The molecular formula is C25H34ClN5O4. The van der Waals surface area contributed by atoms with Crippen LogP contribution in [0, 0.1) is 6.92 Å². The summed E-state index contributed by atoms with van der Waals surface area (Å²) in [6.07, 6.45) is 3.74. The highest BCUT2D eigenvalue weighted by Gasteiger charge is 2.37. The minimum atomic E-state index is -0.367. The Morgan fingerprint density at radius 2 is 2.23 bits per heavy atom. The Morgan fingerprint density at radius 3 is 2.97 bits per heavy atom. The summed E-state index contributed by atoms with van der Waals surface area (Å²) in [5, 5.41) is 6.88. The summed E-state index contributed by atoms with van der Waals surface area (Å²) in [7, 11) is 1.68. The van der Waals surface area contributed by atoms with Crippen LogP contribution < -0.4 is 20.9 Å². The summed E-state index contributed by atoms with van der Waals surface area (Å²) in [6, 6.07) is 2.99. The van der Waals surface area contributed by atoms with Crippen LogP contribution in [0.3, 0.4) is 0 Å². The van der Waals surface area contributed by atoms with Crippen LogP contribution in [0.5, 0.6) is 5.75 Å². The van der Waals surface area contributed by atoms with Gasteiger partial charge in [0.1, 0.15) is 11.4 Å². The zero-order valence-electron chi connectivity index (χ0n) is 20.7. The van der Waals surface area contributed by atoms with Crippen molar-refractivity contribution in [2.24, 2.45) is 0 Å². The maximum absolute atomic E-state index is 13.3. The van der Waals surface area contributed by atoms with E-state index in [4.69, 9.17) is 21.1 Å². The lowest BCUT2D eigenvalue weighted by Crippen LogP contribution is -2.55. The summed E-state index contributed by atoms with van der Waals surface area (Å²) in [6.45, 7) is 9.13. The van der Waals surface area contributed by atoms with E-state index in [2.05, 4.69) is 25.5 Å². The van der Waals surface area contributed by atoms with Crippen molar-refractivity contribution >= 4 is 23.5 Å². The van der Waals surface area contributed by atoms with Crippen molar-refractivity contribution in [3.05, 3.63) is 50.4 Å². The molecule has 1 saturated heterocycles. The summed E-state index contributed by atoms with van der Waals surface area (Å²) >= 11 is 6.47. The second-order valence-corrected chi connectivity index (χ2v) is 10.3. The Balaban J connectivity index is 1.33. The van der Waals surface area contributed by atoms with Crippen LogP contribution in [-0.2, 0) is 11.2 Å². The standard InChI is InChI=1S/C25H34ClN5O4/c1-15-17-13-25(2,3)35-22(17)16(12-18(15)26)23(33)29-19-7-11-31(14-20(19)34-4)10-5-8-27-24-28-9-6-21(32)30-24/h6,9,12,19-20H,5,7-8,10-11,13-14H2,1-4H3,(H,29,33)(H2,27,28,30,32). The molecule has 2 aromatic rings. The van der Waals surface area contributed by atoms with Crippen molar-refractivity contribution in [3.63, 3.8) is 0 Å². The number of H-pyrrole nitrogens is 1. The van der Waals surface area contributed by atoms with E-state index >= 15 is 0 Å². The molecule has 0 aliphatic carbocycles. The number of carbonyl (C=O) groups excluding carboxylic acids is 1. The molecule has 2 aliphatic rings. The molecule has 190 valence electrons. The number of amides is 1. The second-order valence-electron chi connectivity index (χ2n) is 9.88. The van der Waals surface area contributed by atoms with E-state index in [1.165, 1.54) is 12.3 Å². The van der Waals surface area contributed by atoms with E-state index < -0.39 is 0 Å². The molecule has 1 aromatic heterocycles. The first-order chi connectivity index (χ1) is 16.7. The number of ether oxygens (including phenoxy) is 2. The van der Waals surface area contributed by atoms with Gasteiger partial charge in [0, 0.05) is 56.0 Å². The molecule has 1 fully saturated rings. The van der Waals surface area contributed by atoms with E-state index in [1.807, 2.05) is 20.8 Å². The number of aromatic amines is 1. The van der Waals surface area contributed by atoms with E-state index in [0.29, 0.717) is 28.8 Å². The molecule has 2 aliphatic heterocycles. The van der Waals surface area contributed by atoms with Gasteiger partial charge in [-0.1, -0.05) is 11.6 Å². The first-order valence-corrected chi connectivity index (χ1v) is 12.4. The lowest BCUT2D eigenvalue weighted by atomic mass is 9.95. The Kier molecular flexibility index (Phi) is 7.68. The van der Waals surface area contributed by atoms with Gasteiger partial charge in [0.05, 0.1) is 17.7 Å². The molecule has 0 saturated carbocycles. The van der Waals surface area contributed by atoms with Gasteiger partial charge in [-0.2, -0.15) is 0 Å². The smallest absolute Gasteiger partial charge is 0.255 e. The topological polar surface area (TPSA) is 109 Å². The number of halogens is 1. The van der Waals surface area contributed by atoms with Gasteiger partial charge in [0.25, 0.3) is 11.5 Å². The Hall–Kier alpha value is -2.62. The molecule has 1 aromatic carbocycles. The molecule has 2 atom stereocenters. The third kappa shape index (κ3) is 5.97. The van der Waals surface area contributed by atoms with Crippen molar-refractivity contribution in [1.29, 1.82) is 0 Å². The van der Waals surface area contributed by atoms with Crippen molar-refractivity contribution in [2.45, 2.75) is 57.8 Å². The minimum absolute atomic E-state index is 0.106. The number of likely N-dealkylation sites (tertiary alicyclic amines) is 1. The lowest BCUT2D eigenvalue weighted by Gasteiger charge is -2.38. The van der Waals surface area contributed by atoms with Gasteiger partial charge in [-0.25, -0.2) is 4.98 Å². The van der Waals surface area contributed by atoms with Crippen LogP contribution in [0.25, 0.3) is 0 Å². The largest absolute Gasteiger partial charge is 0.486 e. The number of fused-ring (bicyclic) bond motifs is 1. The molecule has 0 radical (unpaired) electrons. The zero-order chi connectivity index (χ0) is 25.2. The predicted molar refractivity (Wildman–Crippen MR) is 136 cm³/mol. The van der Waals surface area contributed by atoms with E-state index in [1.54, 1.807) is 13.2 Å². The van der Waals surface area contributed by atoms with Crippen molar-refractivity contribution < 1.29 is 14.3 Å². The summed E-state index contributed by atoms with van der Waals surface area (Å²) in [4.78, 5) is 33.7. The third-order valence-corrected chi connectivity index (χ3v) is 7.10. The molecule has 0 spiro atoms. The number of hydrogen-bond donors (Lipinski definition) is 3. The van der Waals surface area contributed by atoms with Gasteiger partial charge in [0.15, 0.2) is 0 Å². The van der Waals surface area contributed by atoms with E-state index in [-0.39, 0.29) is 29.2 Å². The SMILES string of the molecule is COC1CN(CCCNc2nccc(=O)[nH]2)CCC1NC(=O)c1cc(Cl)c(C)c2c1OC(C)(C)C2. The molecule has 3 N–H and O–H groups in total. The summed E-state index contributed by atoms with van der Waals surface area (Å²) < 4.78 is 11.9. The third-order valence-electron chi connectivity index (χ3n) is 6.70. The number of rotatable bonds is 8. The Labute approximate surface area is 210 Å². The fourth-order valence-corrected chi connectivity index (χ4v) is 5.04. The van der Waals surface area contributed by atoms with Crippen LogP contribution in [-0.4, -0.2) is 71.8 Å². The molecule has 9 nitrogen and oxygen atoms in total.